The minimum atomic E-state index is -4.42. The molecule has 1 saturated heterocycles. The molecule has 21 heavy (non-hydrogen) atoms. The van der Waals surface area contributed by atoms with Gasteiger partial charge in [0, 0.05) is 17.6 Å². The minimum Gasteiger partial charge on any atom is -0.748 e. The van der Waals surface area contributed by atoms with Crippen LogP contribution in [0.25, 0.3) is 0 Å². The molecule has 1 fully saturated rings. The van der Waals surface area contributed by atoms with Crippen LogP contribution in [0.15, 0.2) is 0 Å². The van der Waals surface area contributed by atoms with Gasteiger partial charge in [-0.1, -0.05) is 0 Å². The molecule has 124 valence electrons. The smallest absolute Gasteiger partial charge is 0.304 e. The van der Waals surface area contributed by atoms with Crippen molar-refractivity contribution >= 4 is 25.9 Å². The minimum absolute atomic E-state index is 0.276. The van der Waals surface area contributed by atoms with Gasteiger partial charge in [-0.2, -0.15) is 0 Å². The van der Waals surface area contributed by atoms with Crippen LogP contribution >= 0.6 is 0 Å². The Morgan fingerprint density at radius 1 is 1.14 bits per heavy atom. The second-order valence-electron chi connectivity index (χ2n) is 6.30. The van der Waals surface area contributed by atoms with Crippen LogP contribution in [-0.2, 0) is 24.7 Å². The molecule has 1 N–H and O–H groups in total. The molecule has 0 radical (unpaired) electrons. The molecule has 1 rings (SSSR count). The number of hydrogen-bond acceptors (Lipinski definition) is 6. The normalized spacial score (nSPS) is 25.9. The first-order valence-corrected chi connectivity index (χ1v) is 9.87. The van der Waals surface area contributed by atoms with Crippen LogP contribution < -0.4 is 0 Å². The van der Waals surface area contributed by atoms with E-state index in [1.165, 1.54) is 0 Å². The Bertz CT molecular complexity index is 594. The van der Waals surface area contributed by atoms with Crippen molar-refractivity contribution < 1.29 is 35.8 Å². The van der Waals surface area contributed by atoms with Crippen LogP contribution in [0.1, 0.15) is 6.42 Å². The van der Waals surface area contributed by atoms with Crippen molar-refractivity contribution in [3.63, 3.8) is 0 Å². The molecule has 8 nitrogen and oxygen atoms in total. The average molecular weight is 343 g/mol. The molecule has 0 aromatic rings. The van der Waals surface area contributed by atoms with Gasteiger partial charge in [0.15, 0.2) is 9.84 Å². The van der Waals surface area contributed by atoms with Gasteiger partial charge in [0.25, 0.3) is 0 Å². The highest BCUT2D eigenvalue weighted by Crippen LogP contribution is 2.29. The van der Waals surface area contributed by atoms with Crippen LogP contribution in [-0.4, -0.2) is 81.4 Å². The first kappa shape index (κ1) is 18.3. The standard InChI is InChI=1S/C11H21NO7S2/c1-12(2)5-9(10(6-12)8-21(17,18)19)7-20(15,16)4-3-11(13)14/h9-10H,3-8H2,1-2H3,(H-,13,14,17,18,19). The van der Waals surface area contributed by atoms with E-state index < -0.39 is 55.7 Å². The van der Waals surface area contributed by atoms with Gasteiger partial charge in [0.1, 0.15) is 0 Å². The van der Waals surface area contributed by atoms with Crippen molar-refractivity contribution in [3.05, 3.63) is 0 Å². The van der Waals surface area contributed by atoms with Crippen molar-refractivity contribution in [1.29, 1.82) is 0 Å². The molecule has 1 heterocycles. The largest absolute Gasteiger partial charge is 0.748 e. The molecular weight excluding hydrogens is 322 g/mol. The molecule has 1 aliphatic rings. The van der Waals surface area contributed by atoms with Gasteiger partial charge >= 0.3 is 5.97 Å². The number of rotatable bonds is 7. The van der Waals surface area contributed by atoms with E-state index in [1.54, 1.807) is 0 Å². The molecule has 0 saturated carbocycles. The monoisotopic (exact) mass is 343 g/mol. The highest BCUT2D eigenvalue weighted by atomic mass is 32.2. The first-order valence-electron chi connectivity index (χ1n) is 6.47. The summed E-state index contributed by atoms with van der Waals surface area (Å²) in [4.78, 5) is 10.5. The average Bonchev–Trinajstić information content (AvgIpc) is 2.47. The van der Waals surface area contributed by atoms with Gasteiger partial charge in [0.05, 0.1) is 55.2 Å². The molecule has 2 unspecified atom stereocenters. The maximum absolute atomic E-state index is 11.9. The summed E-state index contributed by atoms with van der Waals surface area (Å²) in [6.45, 7) is 0.868. The fraction of sp³-hybridized carbons (Fsp3) is 0.909. The number of carbonyl (C=O) groups is 1. The summed E-state index contributed by atoms with van der Waals surface area (Å²) in [6, 6.07) is 0. The van der Waals surface area contributed by atoms with Gasteiger partial charge < -0.3 is 14.1 Å². The van der Waals surface area contributed by atoms with Gasteiger partial charge in [-0.05, 0) is 0 Å². The third-order valence-electron chi connectivity index (χ3n) is 3.64. The van der Waals surface area contributed by atoms with Crippen LogP contribution in [0, 0.1) is 11.8 Å². The number of hydrogen-bond donors (Lipinski definition) is 1. The van der Waals surface area contributed by atoms with Crippen LogP contribution in [0.5, 0.6) is 0 Å². The lowest BCUT2D eigenvalue weighted by molar-refractivity contribution is -0.880. The zero-order chi connectivity index (χ0) is 16.5. The molecule has 0 aromatic heterocycles. The van der Waals surface area contributed by atoms with Gasteiger partial charge in [-0.3, -0.25) is 4.79 Å². The second-order valence-corrected chi connectivity index (χ2v) is 9.98. The zero-order valence-electron chi connectivity index (χ0n) is 12.1. The summed E-state index contributed by atoms with van der Waals surface area (Å²) < 4.78 is 57.1. The maximum atomic E-state index is 11.9. The van der Waals surface area contributed by atoms with Crippen LogP contribution in [0.4, 0.5) is 0 Å². The Morgan fingerprint density at radius 2 is 1.62 bits per heavy atom. The number of aliphatic carboxylic acids is 1. The highest BCUT2D eigenvalue weighted by molar-refractivity contribution is 7.91. The number of sulfone groups is 1. The van der Waals surface area contributed by atoms with E-state index >= 15 is 0 Å². The van der Waals surface area contributed by atoms with E-state index in [4.69, 9.17) is 5.11 Å². The van der Waals surface area contributed by atoms with E-state index in [-0.39, 0.29) is 5.75 Å². The second kappa shape index (κ2) is 6.19. The fourth-order valence-corrected chi connectivity index (χ4v) is 5.52. The Labute approximate surface area is 125 Å². The van der Waals surface area contributed by atoms with E-state index in [2.05, 4.69) is 0 Å². The predicted molar refractivity (Wildman–Crippen MR) is 74.3 cm³/mol. The third kappa shape index (κ3) is 6.72. The topological polar surface area (TPSA) is 129 Å². The van der Waals surface area contributed by atoms with Crippen molar-refractivity contribution in [1.82, 2.24) is 0 Å². The van der Waals surface area contributed by atoms with Gasteiger partial charge in [-0.15, -0.1) is 0 Å². The molecule has 0 aliphatic carbocycles. The predicted octanol–water partition coefficient (Wildman–Crippen LogP) is -1.26. The molecule has 2 atom stereocenters. The Kier molecular flexibility index (Phi) is 5.40. The van der Waals surface area contributed by atoms with Crippen molar-refractivity contribution in [3.8, 4) is 0 Å². The summed E-state index contributed by atoms with van der Waals surface area (Å²) in [5.74, 6) is -3.47. The van der Waals surface area contributed by atoms with Gasteiger partial charge in [-0.25, -0.2) is 16.8 Å². The quantitative estimate of drug-likeness (QED) is 0.451. The van der Waals surface area contributed by atoms with Crippen molar-refractivity contribution in [2.75, 3.05) is 44.4 Å². The van der Waals surface area contributed by atoms with Crippen LogP contribution in [0.3, 0.4) is 0 Å². The molecule has 0 aromatic carbocycles. The zero-order valence-corrected chi connectivity index (χ0v) is 13.7. The lowest BCUT2D eigenvalue weighted by Crippen LogP contribution is -2.37. The van der Waals surface area contributed by atoms with Crippen molar-refractivity contribution in [2.45, 2.75) is 6.42 Å². The lowest BCUT2D eigenvalue weighted by Gasteiger charge is -2.23. The van der Waals surface area contributed by atoms with E-state index in [1.807, 2.05) is 14.1 Å². The lowest BCUT2D eigenvalue weighted by atomic mass is 10.0. The van der Waals surface area contributed by atoms with Gasteiger partial charge in [0.2, 0.25) is 0 Å². The molecule has 0 spiro atoms. The summed E-state index contributed by atoms with van der Waals surface area (Å²) in [7, 11) is -4.32. The molecule has 1 aliphatic heterocycles. The summed E-state index contributed by atoms with van der Waals surface area (Å²) >= 11 is 0. The summed E-state index contributed by atoms with van der Waals surface area (Å²) in [6.07, 6.45) is -0.474. The highest BCUT2D eigenvalue weighted by Gasteiger charge is 2.42. The SMILES string of the molecule is C[N+]1(C)CC(CS(=O)(=O)[O-])C(CS(=O)(=O)CCC(=O)O)C1. The number of nitrogens with zero attached hydrogens (tertiary/aromatic N) is 1. The molecular formula is C11H21NO7S2. The maximum Gasteiger partial charge on any atom is 0.304 e. The fourth-order valence-electron chi connectivity index (χ4n) is 2.93. The molecule has 0 bridgehead atoms. The third-order valence-corrected chi connectivity index (χ3v) is 6.24. The molecule has 0 amide bonds. The van der Waals surface area contributed by atoms with E-state index in [0.717, 1.165) is 0 Å². The Balaban J connectivity index is 2.80. The van der Waals surface area contributed by atoms with E-state index in [0.29, 0.717) is 17.6 Å². The van der Waals surface area contributed by atoms with Crippen LogP contribution in [0.2, 0.25) is 0 Å². The first-order chi connectivity index (χ1) is 9.30. The number of carboxylic acids is 1. The molecule has 10 heteroatoms. The number of quaternary nitrogens is 1. The van der Waals surface area contributed by atoms with E-state index in [9.17, 15) is 26.2 Å². The summed E-state index contributed by atoms with van der Waals surface area (Å²) in [5.41, 5.74) is 0. The Hall–Kier alpha value is -0.710. The number of carboxylic acid groups (broad SMARTS) is 1. The van der Waals surface area contributed by atoms with Crippen molar-refractivity contribution in [2.24, 2.45) is 11.8 Å². The summed E-state index contributed by atoms with van der Waals surface area (Å²) in [5, 5.41) is 8.54. The number of likely N-dealkylation sites (tertiary alicyclic amines) is 1. The Morgan fingerprint density at radius 3 is 2.05 bits per heavy atom.